The van der Waals surface area contributed by atoms with Crippen LogP contribution in [0.2, 0.25) is 0 Å². The van der Waals surface area contributed by atoms with E-state index in [4.69, 9.17) is 0 Å². The van der Waals surface area contributed by atoms with Crippen molar-refractivity contribution in [3.8, 4) is 0 Å². The maximum absolute atomic E-state index is 12.9. The Hall–Kier alpha value is -2.55. The molecular weight excluding hydrogens is 284 g/mol. The fourth-order valence-corrected chi connectivity index (χ4v) is 3.05. The SMILES string of the molecule is Cc1cc(C)cc(NC(=O)C(C)(C)c2c[nH]c3ccccc23)c1. The predicted molar refractivity (Wildman–Crippen MR) is 95.9 cm³/mol. The molecule has 1 amide bonds. The number of H-pyrrole nitrogens is 1. The number of benzene rings is 2. The van der Waals surface area contributed by atoms with Crippen LogP contribution in [0.25, 0.3) is 10.9 Å². The Morgan fingerprint density at radius 2 is 1.70 bits per heavy atom. The lowest BCUT2D eigenvalue weighted by Crippen LogP contribution is -2.34. The number of fused-ring (bicyclic) bond motifs is 1. The molecule has 0 spiro atoms. The van der Waals surface area contributed by atoms with Crippen LogP contribution >= 0.6 is 0 Å². The molecule has 0 unspecified atom stereocenters. The Labute approximate surface area is 136 Å². The average Bonchev–Trinajstić information content (AvgIpc) is 2.90. The summed E-state index contributed by atoms with van der Waals surface area (Å²) in [6.07, 6.45) is 1.94. The number of para-hydroxylation sites is 1. The molecular formula is C20H22N2O. The molecule has 3 aromatic rings. The van der Waals surface area contributed by atoms with E-state index in [1.807, 2.05) is 70.3 Å². The lowest BCUT2D eigenvalue weighted by atomic mass is 9.83. The molecule has 23 heavy (non-hydrogen) atoms. The van der Waals surface area contributed by atoms with Crippen molar-refractivity contribution in [1.29, 1.82) is 0 Å². The van der Waals surface area contributed by atoms with Crippen molar-refractivity contribution in [2.24, 2.45) is 0 Å². The molecule has 0 fully saturated rings. The molecule has 0 saturated carbocycles. The first-order chi connectivity index (χ1) is 10.9. The first kappa shape index (κ1) is 15.3. The standard InChI is InChI=1S/C20H22N2O/c1-13-9-14(2)11-15(10-13)22-19(23)20(3,4)17-12-21-18-8-6-5-7-16(17)18/h5-12,21H,1-4H3,(H,22,23). The van der Waals surface area contributed by atoms with Crippen LogP contribution in [0, 0.1) is 13.8 Å². The summed E-state index contributed by atoms with van der Waals surface area (Å²) in [5, 5.41) is 4.15. The van der Waals surface area contributed by atoms with Crippen LogP contribution in [0.5, 0.6) is 0 Å². The Morgan fingerprint density at radius 3 is 2.39 bits per heavy atom. The number of amides is 1. The van der Waals surface area contributed by atoms with Crippen molar-refractivity contribution in [3.05, 3.63) is 65.4 Å². The summed E-state index contributed by atoms with van der Waals surface area (Å²) in [7, 11) is 0. The van der Waals surface area contributed by atoms with E-state index in [2.05, 4.69) is 16.4 Å². The maximum atomic E-state index is 12.9. The summed E-state index contributed by atoms with van der Waals surface area (Å²) in [6, 6.07) is 14.2. The monoisotopic (exact) mass is 306 g/mol. The third-order valence-corrected chi connectivity index (χ3v) is 4.31. The average molecular weight is 306 g/mol. The summed E-state index contributed by atoms with van der Waals surface area (Å²) >= 11 is 0. The zero-order chi connectivity index (χ0) is 16.6. The van der Waals surface area contributed by atoms with E-state index >= 15 is 0 Å². The van der Waals surface area contributed by atoms with Crippen LogP contribution in [0.3, 0.4) is 0 Å². The third-order valence-electron chi connectivity index (χ3n) is 4.31. The first-order valence-corrected chi connectivity index (χ1v) is 7.84. The van der Waals surface area contributed by atoms with Crippen molar-refractivity contribution in [1.82, 2.24) is 4.98 Å². The van der Waals surface area contributed by atoms with Crippen LogP contribution in [-0.2, 0) is 10.2 Å². The Balaban J connectivity index is 1.94. The van der Waals surface area contributed by atoms with Gasteiger partial charge in [0.25, 0.3) is 0 Å². The van der Waals surface area contributed by atoms with Crippen LogP contribution in [0.15, 0.2) is 48.7 Å². The summed E-state index contributed by atoms with van der Waals surface area (Å²) in [5.74, 6) is -0.00717. The molecule has 2 N–H and O–H groups in total. The fourth-order valence-electron chi connectivity index (χ4n) is 3.05. The molecule has 0 saturated heterocycles. The van der Waals surface area contributed by atoms with Gasteiger partial charge in [0, 0.05) is 22.8 Å². The van der Waals surface area contributed by atoms with Gasteiger partial charge in [0.1, 0.15) is 0 Å². The number of aryl methyl sites for hydroxylation is 2. The molecule has 0 aliphatic heterocycles. The number of rotatable bonds is 3. The smallest absolute Gasteiger partial charge is 0.234 e. The van der Waals surface area contributed by atoms with Crippen molar-refractivity contribution in [3.63, 3.8) is 0 Å². The van der Waals surface area contributed by atoms with E-state index in [1.165, 1.54) is 0 Å². The van der Waals surface area contributed by atoms with Gasteiger partial charge in [-0.15, -0.1) is 0 Å². The Bertz CT molecular complexity index is 854. The van der Waals surface area contributed by atoms with E-state index in [1.54, 1.807) is 0 Å². The van der Waals surface area contributed by atoms with Gasteiger partial charge in [0.2, 0.25) is 5.91 Å². The zero-order valence-electron chi connectivity index (χ0n) is 14.0. The van der Waals surface area contributed by atoms with Gasteiger partial charge in [-0.3, -0.25) is 4.79 Å². The second-order valence-electron chi connectivity index (χ2n) is 6.70. The van der Waals surface area contributed by atoms with Gasteiger partial charge in [0.05, 0.1) is 5.41 Å². The fraction of sp³-hybridized carbons (Fsp3) is 0.250. The quantitative estimate of drug-likeness (QED) is 0.723. The number of hydrogen-bond acceptors (Lipinski definition) is 1. The minimum absolute atomic E-state index is 0.00717. The van der Waals surface area contributed by atoms with Crippen molar-refractivity contribution < 1.29 is 4.79 Å². The summed E-state index contributed by atoms with van der Waals surface area (Å²) in [5.41, 5.74) is 4.57. The van der Waals surface area contributed by atoms with E-state index in [0.29, 0.717) is 0 Å². The molecule has 0 bridgehead atoms. The topological polar surface area (TPSA) is 44.9 Å². The molecule has 0 radical (unpaired) electrons. The number of aromatic nitrogens is 1. The van der Waals surface area contributed by atoms with Crippen molar-refractivity contribution in [2.75, 3.05) is 5.32 Å². The molecule has 3 heteroatoms. The molecule has 0 atom stereocenters. The molecule has 3 nitrogen and oxygen atoms in total. The van der Waals surface area contributed by atoms with Gasteiger partial charge in [-0.25, -0.2) is 0 Å². The molecule has 118 valence electrons. The molecule has 1 heterocycles. The van der Waals surface area contributed by atoms with Crippen molar-refractivity contribution >= 4 is 22.5 Å². The van der Waals surface area contributed by atoms with E-state index in [-0.39, 0.29) is 5.91 Å². The molecule has 0 aliphatic rings. The summed E-state index contributed by atoms with van der Waals surface area (Å²) < 4.78 is 0. The molecule has 0 aliphatic carbocycles. The minimum atomic E-state index is -0.628. The third kappa shape index (κ3) is 2.87. The number of anilines is 1. The normalized spacial score (nSPS) is 11.7. The van der Waals surface area contributed by atoms with E-state index in [9.17, 15) is 4.79 Å². The predicted octanol–water partition coefficient (Wildman–Crippen LogP) is 4.70. The van der Waals surface area contributed by atoms with Crippen LogP contribution in [0.1, 0.15) is 30.5 Å². The van der Waals surface area contributed by atoms with Crippen molar-refractivity contribution in [2.45, 2.75) is 33.1 Å². The largest absolute Gasteiger partial charge is 0.361 e. The summed E-state index contributed by atoms with van der Waals surface area (Å²) in [6.45, 7) is 7.99. The number of carbonyl (C=O) groups is 1. The van der Waals surface area contributed by atoms with Gasteiger partial charge >= 0.3 is 0 Å². The number of hydrogen-bond donors (Lipinski definition) is 2. The number of carbonyl (C=O) groups excluding carboxylic acids is 1. The number of aromatic amines is 1. The van der Waals surface area contributed by atoms with Gasteiger partial charge in [-0.2, -0.15) is 0 Å². The first-order valence-electron chi connectivity index (χ1n) is 7.84. The number of nitrogens with one attached hydrogen (secondary N) is 2. The van der Waals surface area contributed by atoms with E-state index in [0.717, 1.165) is 33.3 Å². The lowest BCUT2D eigenvalue weighted by Gasteiger charge is -2.23. The van der Waals surface area contributed by atoms with Gasteiger partial charge in [-0.1, -0.05) is 24.3 Å². The van der Waals surface area contributed by atoms with Crippen LogP contribution in [-0.4, -0.2) is 10.9 Å². The molecule has 1 aromatic heterocycles. The molecule has 3 rings (SSSR count). The second kappa shape index (κ2) is 5.58. The van der Waals surface area contributed by atoms with Crippen LogP contribution in [0.4, 0.5) is 5.69 Å². The highest BCUT2D eigenvalue weighted by Gasteiger charge is 2.32. The maximum Gasteiger partial charge on any atom is 0.234 e. The summed E-state index contributed by atoms with van der Waals surface area (Å²) in [4.78, 5) is 16.1. The van der Waals surface area contributed by atoms with Crippen LogP contribution < -0.4 is 5.32 Å². The zero-order valence-corrected chi connectivity index (χ0v) is 14.0. The highest BCUT2D eigenvalue weighted by Crippen LogP contribution is 2.31. The van der Waals surface area contributed by atoms with Gasteiger partial charge < -0.3 is 10.3 Å². The highest BCUT2D eigenvalue weighted by atomic mass is 16.2. The highest BCUT2D eigenvalue weighted by molar-refractivity contribution is 6.01. The van der Waals surface area contributed by atoms with Gasteiger partial charge in [0.15, 0.2) is 0 Å². The Kier molecular flexibility index (Phi) is 3.72. The van der Waals surface area contributed by atoms with Gasteiger partial charge in [-0.05, 0) is 62.6 Å². The molecule has 2 aromatic carbocycles. The van der Waals surface area contributed by atoms with E-state index < -0.39 is 5.41 Å². The minimum Gasteiger partial charge on any atom is -0.361 e. The second-order valence-corrected chi connectivity index (χ2v) is 6.70. The Morgan fingerprint density at radius 1 is 1.04 bits per heavy atom. The lowest BCUT2D eigenvalue weighted by molar-refractivity contribution is -0.120.